The van der Waals surface area contributed by atoms with E-state index in [2.05, 4.69) is 80.3 Å². The van der Waals surface area contributed by atoms with Crippen LogP contribution in [0.4, 0.5) is 4.79 Å². The Hall–Kier alpha value is -1.42. The number of rotatable bonds is 14. The van der Waals surface area contributed by atoms with E-state index in [1.54, 1.807) is 0 Å². The lowest BCUT2D eigenvalue weighted by atomic mass is 10.5. The zero-order valence-electron chi connectivity index (χ0n) is 19.8. The van der Waals surface area contributed by atoms with Crippen LogP contribution in [0.25, 0.3) is 0 Å². The number of hydrogen-bond donors (Lipinski definition) is 0. The maximum absolute atomic E-state index is 12.3. The highest BCUT2D eigenvalue weighted by Gasteiger charge is 2.46. The van der Waals surface area contributed by atoms with Crippen molar-refractivity contribution >= 4 is 39.9 Å². The van der Waals surface area contributed by atoms with Crippen LogP contribution < -0.4 is 0 Å². The zero-order chi connectivity index (χ0) is 23.8. The van der Waals surface area contributed by atoms with Gasteiger partial charge in [-0.15, -0.1) is 39.5 Å². The third-order valence-corrected chi connectivity index (χ3v) is 26.1. The summed E-state index contributed by atoms with van der Waals surface area (Å²) in [5.41, 5.74) is 12.0. The SMILES string of the molecule is C=C[Si](C=C)(C=C)C(C)(C)[Si](C)COC(=O)OC[Si](C)C(C)(C)[Si](C=C)(C=C)C=C. The molecule has 0 heterocycles. The molecule has 0 aliphatic heterocycles. The number of hydrogen-bond acceptors (Lipinski definition) is 3. The second-order valence-electron chi connectivity index (χ2n) is 8.73. The van der Waals surface area contributed by atoms with E-state index < -0.39 is 39.9 Å². The van der Waals surface area contributed by atoms with Crippen LogP contribution in [0.15, 0.2) is 73.7 Å². The predicted octanol–water partition coefficient (Wildman–Crippen LogP) is 6.35. The molecule has 0 aromatic heterocycles. The fourth-order valence-corrected chi connectivity index (χ4v) is 17.1. The molecular formula is C23H40O3Si4. The molecule has 0 unspecified atom stereocenters. The summed E-state index contributed by atoms with van der Waals surface area (Å²) in [4.78, 5) is 12.3. The highest BCUT2D eigenvalue weighted by Crippen LogP contribution is 2.42. The smallest absolute Gasteiger partial charge is 0.438 e. The van der Waals surface area contributed by atoms with Crippen LogP contribution in [-0.4, -0.2) is 52.4 Å². The highest BCUT2D eigenvalue weighted by atomic mass is 28.4. The Bertz CT molecular complexity index is 582. The van der Waals surface area contributed by atoms with Crippen molar-refractivity contribution in [1.29, 1.82) is 0 Å². The first-order chi connectivity index (χ1) is 13.8. The zero-order valence-corrected chi connectivity index (χ0v) is 23.8. The third kappa shape index (κ3) is 5.43. The van der Waals surface area contributed by atoms with E-state index in [0.29, 0.717) is 12.5 Å². The summed E-state index contributed by atoms with van der Waals surface area (Å²) in [6.07, 6.45) is 0.155. The van der Waals surface area contributed by atoms with Gasteiger partial charge in [0, 0.05) is 0 Å². The minimum atomic E-state index is -2.09. The Balaban J connectivity index is 5.06. The fourth-order valence-electron chi connectivity index (χ4n) is 3.51. The van der Waals surface area contributed by atoms with Crippen molar-refractivity contribution in [3.8, 4) is 0 Å². The molecule has 0 N–H and O–H groups in total. The van der Waals surface area contributed by atoms with Crippen LogP contribution in [-0.2, 0) is 9.47 Å². The van der Waals surface area contributed by atoms with Gasteiger partial charge in [-0.2, -0.15) is 0 Å². The van der Waals surface area contributed by atoms with Gasteiger partial charge in [0.15, 0.2) is 0 Å². The Kier molecular flexibility index (Phi) is 10.7. The van der Waals surface area contributed by atoms with E-state index in [-0.39, 0.29) is 9.32 Å². The van der Waals surface area contributed by atoms with E-state index >= 15 is 0 Å². The van der Waals surface area contributed by atoms with Crippen molar-refractivity contribution in [3.63, 3.8) is 0 Å². The summed E-state index contributed by atoms with van der Waals surface area (Å²) in [6.45, 7) is 37.3. The van der Waals surface area contributed by atoms with Gasteiger partial charge in [-0.05, 0) is 9.32 Å². The molecule has 0 aliphatic carbocycles. The van der Waals surface area contributed by atoms with Crippen LogP contribution in [0.3, 0.4) is 0 Å². The quantitative estimate of drug-likeness (QED) is 0.216. The molecule has 0 bridgehead atoms. The summed E-state index contributed by atoms with van der Waals surface area (Å²) in [7, 11) is -6.29. The van der Waals surface area contributed by atoms with E-state index in [9.17, 15) is 4.79 Å². The summed E-state index contributed by atoms with van der Waals surface area (Å²) in [5, 5.41) is 0. The van der Waals surface area contributed by atoms with Crippen molar-refractivity contribution in [2.45, 2.75) is 50.1 Å². The van der Waals surface area contributed by atoms with Gasteiger partial charge in [-0.3, -0.25) is 0 Å². The number of carbonyl (C=O) groups excluding carboxylic acids is 1. The molecule has 0 spiro atoms. The Morgan fingerprint density at radius 2 is 0.933 bits per heavy atom. The molecule has 0 atom stereocenters. The molecule has 0 saturated carbocycles. The molecule has 0 amide bonds. The van der Waals surface area contributed by atoms with Crippen molar-refractivity contribution in [2.75, 3.05) is 12.5 Å². The summed E-state index contributed by atoms with van der Waals surface area (Å²) in [6, 6.07) is 0. The van der Waals surface area contributed by atoms with Gasteiger partial charge in [0.1, 0.15) is 16.1 Å². The predicted molar refractivity (Wildman–Crippen MR) is 141 cm³/mol. The van der Waals surface area contributed by atoms with Crippen LogP contribution >= 0.6 is 0 Å². The van der Waals surface area contributed by atoms with Gasteiger partial charge >= 0.3 is 6.16 Å². The second kappa shape index (κ2) is 11.3. The molecule has 7 heteroatoms. The number of ether oxygens (including phenoxy) is 2. The lowest BCUT2D eigenvalue weighted by Crippen LogP contribution is -2.51. The van der Waals surface area contributed by atoms with Crippen LogP contribution in [0.1, 0.15) is 27.7 Å². The molecule has 0 aliphatic rings. The van der Waals surface area contributed by atoms with Crippen LogP contribution in [0.2, 0.25) is 22.4 Å². The lowest BCUT2D eigenvalue weighted by Gasteiger charge is -2.42. The lowest BCUT2D eigenvalue weighted by molar-refractivity contribution is 0.0785. The van der Waals surface area contributed by atoms with Gasteiger partial charge in [-0.1, -0.05) is 75.0 Å². The molecule has 0 fully saturated rings. The van der Waals surface area contributed by atoms with E-state index in [1.165, 1.54) is 0 Å². The summed E-state index contributed by atoms with van der Waals surface area (Å²) < 4.78 is 10.9. The average molecular weight is 477 g/mol. The van der Waals surface area contributed by atoms with Gasteiger partial charge in [0.05, 0.1) is 30.1 Å². The Morgan fingerprint density at radius 3 is 1.13 bits per heavy atom. The topological polar surface area (TPSA) is 35.5 Å². The minimum Gasteiger partial charge on any atom is -0.438 e. The van der Waals surface area contributed by atoms with Crippen molar-refractivity contribution in [2.24, 2.45) is 0 Å². The molecule has 166 valence electrons. The third-order valence-electron chi connectivity index (χ3n) is 7.14. The average Bonchev–Trinajstić information content (AvgIpc) is 2.72. The molecule has 0 rings (SSSR count). The Labute approximate surface area is 190 Å². The largest absolute Gasteiger partial charge is 0.507 e. The standard InChI is InChI=1S/C23H40O3Si4/c1-13-29(14-2,15-3)22(7,8)27(11)19-25-21(24)26-20-28(12)23(9,10)30(16-4,17-5)18-6/h13-18H,1-6,19-20H2,7-12H3. The van der Waals surface area contributed by atoms with Crippen molar-refractivity contribution in [3.05, 3.63) is 73.7 Å². The first-order valence-electron chi connectivity index (χ1n) is 10.1. The molecule has 0 aromatic rings. The van der Waals surface area contributed by atoms with Gasteiger partial charge in [0.25, 0.3) is 0 Å². The van der Waals surface area contributed by atoms with Gasteiger partial charge in [-0.25, -0.2) is 4.79 Å². The van der Waals surface area contributed by atoms with Crippen LogP contribution in [0.5, 0.6) is 0 Å². The maximum atomic E-state index is 12.3. The van der Waals surface area contributed by atoms with Gasteiger partial charge < -0.3 is 9.47 Å². The van der Waals surface area contributed by atoms with Crippen molar-refractivity contribution in [1.82, 2.24) is 0 Å². The minimum absolute atomic E-state index is 0.0476. The molecule has 3 nitrogen and oxygen atoms in total. The monoisotopic (exact) mass is 476 g/mol. The Morgan fingerprint density at radius 1 is 0.700 bits per heavy atom. The van der Waals surface area contributed by atoms with Gasteiger partial charge in [0.2, 0.25) is 0 Å². The molecule has 0 saturated heterocycles. The van der Waals surface area contributed by atoms with E-state index in [4.69, 9.17) is 9.47 Å². The van der Waals surface area contributed by atoms with Crippen LogP contribution in [0, 0.1) is 0 Å². The summed E-state index contributed by atoms with van der Waals surface area (Å²) in [5.74, 6) is 0. The molecular weight excluding hydrogens is 437 g/mol. The second-order valence-corrected chi connectivity index (χ2v) is 24.6. The van der Waals surface area contributed by atoms with E-state index in [0.717, 1.165) is 0 Å². The number of carbonyl (C=O) groups is 1. The normalized spacial score (nSPS) is 12.8. The van der Waals surface area contributed by atoms with Crippen molar-refractivity contribution < 1.29 is 14.3 Å². The molecule has 30 heavy (non-hydrogen) atoms. The van der Waals surface area contributed by atoms with E-state index in [1.807, 2.05) is 34.2 Å². The molecule has 2 radical (unpaired) electrons. The fraction of sp³-hybridized carbons (Fsp3) is 0.435. The first-order valence-corrected chi connectivity index (χ1v) is 19.0. The first kappa shape index (κ1) is 28.6. The molecule has 0 aromatic carbocycles. The summed E-state index contributed by atoms with van der Waals surface area (Å²) >= 11 is 0. The highest BCUT2D eigenvalue weighted by molar-refractivity contribution is 7.04. The maximum Gasteiger partial charge on any atom is 0.507 e.